The van der Waals surface area contributed by atoms with E-state index in [1.807, 2.05) is 18.2 Å². The van der Waals surface area contributed by atoms with Crippen LogP contribution in [0.1, 0.15) is 0 Å². The largest absolute Gasteiger partial charge is 0.319 e. The normalized spacial score (nSPS) is 14.5. The van der Waals surface area contributed by atoms with Crippen molar-refractivity contribution in [2.24, 2.45) is 0 Å². The molecule has 4 heteroatoms. The van der Waals surface area contributed by atoms with Crippen molar-refractivity contribution >= 4 is 39.1 Å². The van der Waals surface area contributed by atoms with Crippen LogP contribution in [0, 0.1) is 0 Å². The van der Waals surface area contributed by atoms with E-state index >= 15 is 0 Å². The molecule has 0 amide bonds. The predicted octanol–water partition coefficient (Wildman–Crippen LogP) is 3.42. The number of fused-ring (bicyclic) bond motifs is 1. The van der Waals surface area contributed by atoms with Gasteiger partial charge in [0, 0.05) is 20.9 Å². The monoisotopic (exact) mass is 189 g/mol. The van der Waals surface area contributed by atoms with Crippen LogP contribution >= 0.6 is 33.4 Å². The quantitative estimate of drug-likeness (QED) is 0.496. The molecule has 0 saturated heterocycles. The molecule has 1 N–H and O–H groups in total. The van der Waals surface area contributed by atoms with Crippen LogP contribution < -0.4 is 4.72 Å². The van der Waals surface area contributed by atoms with E-state index in [1.165, 1.54) is 10.6 Å². The minimum atomic E-state index is 0.801. The average molecular weight is 190 g/mol. The zero-order chi connectivity index (χ0) is 6.97. The van der Waals surface area contributed by atoms with Crippen LogP contribution in [0.15, 0.2) is 23.1 Å². The van der Waals surface area contributed by atoms with Crippen LogP contribution in [0.5, 0.6) is 0 Å². The van der Waals surface area contributed by atoms with E-state index < -0.39 is 0 Å². The summed E-state index contributed by atoms with van der Waals surface area (Å²) in [6.45, 7) is 0. The molecule has 1 aromatic carbocycles. The smallest absolute Gasteiger partial charge is 0.0594 e. The van der Waals surface area contributed by atoms with Crippen LogP contribution in [-0.4, -0.2) is 0 Å². The Bertz CT molecular complexity index is 264. The molecule has 1 aliphatic rings. The molecule has 0 saturated carbocycles. The molecule has 10 heavy (non-hydrogen) atoms. The molecular formula is C6H4ClNS2. The Balaban J connectivity index is 2.52. The molecule has 0 radical (unpaired) electrons. The van der Waals surface area contributed by atoms with Crippen LogP contribution in [-0.2, 0) is 0 Å². The second-order valence-electron chi connectivity index (χ2n) is 1.91. The lowest BCUT2D eigenvalue weighted by atomic mass is 10.3. The highest BCUT2D eigenvalue weighted by atomic mass is 35.5. The maximum atomic E-state index is 5.77. The van der Waals surface area contributed by atoms with Gasteiger partial charge in [0.2, 0.25) is 0 Å². The molecule has 1 aromatic rings. The Hall–Kier alpha value is 0.01000. The standard InChI is InChI=1S/C6H4ClNS2/c7-4-1-2-5-6(3-4)9-10-8-5/h1-3,8H. The molecule has 0 aliphatic carbocycles. The van der Waals surface area contributed by atoms with Gasteiger partial charge in [-0.1, -0.05) is 11.6 Å². The van der Waals surface area contributed by atoms with Crippen LogP contribution in [0.3, 0.4) is 0 Å². The van der Waals surface area contributed by atoms with Crippen molar-refractivity contribution in [2.75, 3.05) is 4.72 Å². The molecule has 2 rings (SSSR count). The van der Waals surface area contributed by atoms with Gasteiger partial charge in [-0.15, -0.1) is 0 Å². The lowest BCUT2D eigenvalue weighted by Crippen LogP contribution is -1.76. The van der Waals surface area contributed by atoms with E-state index in [4.69, 9.17) is 11.6 Å². The first-order valence-electron chi connectivity index (χ1n) is 2.75. The molecule has 0 unspecified atom stereocenters. The topological polar surface area (TPSA) is 12.0 Å². The predicted molar refractivity (Wildman–Crippen MR) is 48.5 cm³/mol. The molecule has 1 nitrogen and oxygen atoms in total. The lowest BCUT2D eigenvalue weighted by Gasteiger charge is -1.94. The van der Waals surface area contributed by atoms with E-state index in [1.54, 1.807) is 21.8 Å². The van der Waals surface area contributed by atoms with E-state index in [-0.39, 0.29) is 0 Å². The fourth-order valence-corrected chi connectivity index (χ4v) is 2.92. The highest BCUT2D eigenvalue weighted by Gasteiger charge is 2.10. The molecule has 1 aliphatic heterocycles. The minimum absolute atomic E-state index is 0.801. The van der Waals surface area contributed by atoms with Crippen molar-refractivity contribution in [3.8, 4) is 0 Å². The second kappa shape index (κ2) is 2.57. The Morgan fingerprint density at radius 3 is 3.20 bits per heavy atom. The van der Waals surface area contributed by atoms with E-state index in [0.717, 1.165) is 5.02 Å². The fourth-order valence-electron chi connectivity index (χ4n) is 0.760. The first-order valence-corrected chi connectivity index (χ1v) is 5.28. The molecule has 0 fully saturated rings. The lowest BCUT2D eigenvalue weighted by molar-refractivity contribution is 1.48. The highest BCUT2D eigenvalue weighted by Crippen LogP contribution is 2.45. The van der Waals surface area contributed by atoms with Gasteiger partial charge in [-0.2, -0.15) is 0 Å². The summed E-state index contributed by atoms with van der Waals surface area (Å²) in [5.74, 6) is 0. The van der Waals surface area contributed by atoms with E-state index in [9.17, 15) is 0 Å². The second-order valence-corrected chi connectivity index (χ2v) is 4.32. The zero-order valence-corrected chi connectivity index (χ0v) is 7.32. The van der Waals surface area contributed by atoms with Gasteiger partial charge in [0.1, 0.15) is 0 Å². The SMILES string of the molecule is Clc1ccc2c(c1)SSN2. The molecular weight excluding hydrogens is 186 g/mol. The zero-order valence-electron chi connectivity index (χ0n) is 4.93. The Morgan fingerprint density at radius 2 is 2.30 bits per heavy atom. The van der Waals surface area contributed by atoms with Crippen molar-refractivity contribution in [3.63, 3.8) is 0 Å². The van der Waals surface area contributed by atoms with Gasteiger partial charge < -0.3 is 4.72 Å². The average Bonchev–Trinajstić information content (AvgIpc) is 2.33. The summed E-state index contributed by atoms with van der Waals surface area (Å²) in [6, 6.07) is 5.85. The summed E-state index contributed by atoms with van der Waals surface area (Å²) < 4.78 is 3.15. The molecule has 0 atom stereocenters. The van der Waals surface area contributed by atoms with Crippen molar-refractivity contribution in [1.82, 2.24) is 0 Å². The molecule has 0 bridgehead atoms. The number of rotatable bonds is 0. The van der Waals surface area contributed by atoms with Gasteiger partial charge in [0.25, 0.3) is 0 Å². The van der Waals surface area contributed by atoms with Gasteiger partial charge in [0.05, 0.1) is 5.69 Å². The van der Waals surface area contributed by atoms with Crippen molar-refractivity contribution < 1.29 is 0 Å². The molecule has 0 spiro atoms. The summed E-state index contributed by atoms with van der Waals surface area (Å²) >= 11 is 5.77. The van der Waals surface area contributed by atoms with E-state index in [0.29, 0.717) is 0 Å². The Kier molecular flexibility index (Phi) is 1.72. The summed E-state index contributed by atoms with van der Waals surface area (Å²) in [5, 5.41) is 0.801. The Morgan fingerprint density at radius 1 is 1.40 bits per heavy atom. The van der Waals surface area contributed by atoms with Crippen LogP contribution in [0.25, 0.3) is 0 Å². The van der Waals surface area contributed by atoms with Crippen molar-refractivity contribution in [1.29, 1.82) is 0 Å². The third-order valence-electron chi connectivity index (χ3n) is 1.23. The van der Waals surface area contributed by atoms with Gasteiger partial charge in [0.15, 0.2) is 0 Å². The number of hydrogen-bond donors (Lipinski definition) is 1. The molecule has 1 heterocycles. The van der Waals surface area contributed by atoms with Gasteiger partial charge in [-0.05, 0) is 29.0 Å². The van der Waals surface area contributed by atoms with Gasteiger partial charge in [-0.25, -0.2) is 0 Å². The summed E-state index contributed by atoms with van der Waals surface area (Å²) in [5.41, 5.74) is 1.17. The number of halogens is 1. The third-order valence-corrected chi connectivity index (χ3v) is 3.40. The maximum absolute atomic E-state index is 5.77. The summed E-state index contributed by atoms with van der Waals surface area (Å²) in [7, 11) is 3.32. The first-order chi connectivity index (χ1) is 4.86. The maximum Gasteiger partial charge on any atom is 0.0594 e. The van der Waals surface area contributed by atoms with Crippen molar-refractivity contribution in [2.45, 2.75) is 4.90 Å². The Labute approximate surface area is 72.1 Å². The van der Waals surface area contributed by atoms with Gasteiger partial charge in [-0.3, -0.25) is 0 Å². The highest BCUT2D eigenvalue weighted by molar-refractivity contribution is 8.77. The number of nitrogens with one attached hydrogen (secondary N) is 1. The fraction of sp³-hybridized carbons (Fsp3) is 0. The molecule has 0 aromatic heterocycles. The van der Waals surface area contributed by atoms with Gasteiger partial charge >= 0.3 is 0 Å². The van der Waals surface area contributed by atoms with Crippen LogP contribution in [0.4, 0.5) is 5.69 Å². The van der Waals surface area contributed by atoms with E-state index in [2.05, 4.69) is 4.72 Å². The summed E-state index contributed by atoms with van der Waals surface area (Å²) in [6.07, 6.45) is 0. The number of benzene rings is 1. The number of hydrogen-bond acceptors (Lipinski definition) is 3. The number of anilines is 1. The van der Waals surface area contributed by atoms with Crippen molar-refractivity contribution in [3.05, 3.63) is 23.2 Å². The third kappa shape index (κ3) is 1.09. The summed E-state index contributed by atoms with van der Waals surface area (Å²) in [4.78, 5) is 1.22. The van der Waals surface area contributed by atoms with Crippen LogP contribution in [0.2, 0.25) is 5.02 Å². The first kappa shape index (κ1) is 6.70. The minimum Gasteiger partial charge on any atom is -0.319 e. The molecule has 52 valence electrons.